The first-order valence-corrected chi connectivity index (χ1v) is 5.31. The fourth-order valence-corrected chi connectivity index (χ4v) is 1.05. The van der Waals surface area contributed by atoms with Gasteiger partial charge in [-0.15, -0.1) is 0 Å². The molecular formula is C11H23NO2. The molecule has 0 aromatic rings. The Kier molecular flexibility index (Phi) is 10.4. The van der Waals surface area contributed by atoms with Crippen molar-refractivity contribution >= 4 is 0 Å². The number of aliphatic hydroxyl groups excluding tert-OH is 1. The van der Waals surface area contributed by atoms with Crippen LogP contribution >= 0.6 is 0 Å². The van der Waals surface area contributed by atoms with E-state index in [1.54, 1.807) is 0 Å². The van der Waals surface area contributed by atoms with Crippen molar-refractivity contribution in [3.8, 4) is 0 Å². The normalized spacial score (nSPS) is 10.4. The molecule has 3 nitrogen and oxygen atoms in total. The predicted octanol–water partition coefficient (Wildman–Crippen LogP) is 1.33. The number of hydrogen-bond acceptors (Lipinski definition) is 3. The van der Waals surface area contributed by atoms with Crippen molar-refractivity contribution in [1.29, 1.82) is 0 Å². The Morgan fingerprint density at radius 1 is 1.29 bits per heavy atom. The molecule has 3 heteroatoms. The van der Waals surface area contributed by atoms with Crippen LogP contribution in [0.25, 0.3) is 0 Å². The maximum atomic E-state index is 8.54. The van der Waals surface area contributed by atoms with Gasteiger partial charge in [-0.2, -0.15) is 0 Å². The third kappa shape index (κ3) is 11.6. The number of aliphatic hydroxyl groups is 1. The van der Waals surface area contributed by atoms with E-state index in [0.717, 1.165) is 44.5 Å². The Balaban J connectivity index is 2.88. The van der Waals surface area contributed by atoms with Crippen LogP contribution in [0, 0.1) is 0 Å². The summed E-state index contributed by atoms with van der Waals surface area (Å²) in [6.45, 7) is 9.33. The minimum Gasteiger partial charge on any atom is -0.396 e. The van der Waals surface area contributed by atoms with Crippen LogP contribution < -0.4 is 5.32 Å². The Morgan fingerprint density at radius 2 is 2.07 bits per heavy atom. The molecule has 0 aromatic heterocycles. The lowest BCUT2D eigenvalue weighted by molar-refractivity contribution is 0.158. The first kappa shape index (κ1) is 13.6. The van der Waals surface area contributed by atoms with Gasteiger partial charge in [-0.25, -0.2) is 0 Å². The second-order valence-electron chi connectivity index (χ2n) is 3.54. The Morgan fingerprint density at radius 3 is 2.71 bits per heavy atom. The summed E-state index contributed by atoms with van der Waals surface area (Å²) in [5.74, 6) is 0. The lowest BCUT2D eigenvalue weighted by Gasteiger charge is -2.05. The highest BCUT2D eigenvalue weighted by Gasteiger charge is 1.90. The van der Waals surface area contributed by atoms with Crippen LogP contribution in [0.5, 0.6) is 0 Å². The van der Waals surface area contributed by atoms with E-state index in [0.29, 0.717) is 13.2 Å². The number of hydrogen-bond donors (Lipinski definition) is 2. The summed E-state index contributed by atoms with van der Waals surface area (Å²) in [7, 11) is 0. The molecule has 0 atom stereocenters. The van der Waals surface area contributed by atoms with Gasteiger partial charge >= 0.3 is 0 Å². The molecular weight excluding hydrogens is 178 g/mol. The van der Waals surface area contributed by atoms with Crippen molar-refractivity contribution in [1.82, 2.24) is 5.32 Å². The predicted molar refractivity (Wildman–Crippen MR) is 59.4 cm³/mol. The molecule has 0 rings (SSSR count). The zero-order chi connectivity index (χ0) is 10.6. The van der Waals surface area contributed by atoms with Crippen LogP contribution in [-0.2, 0) is 4.74 Å². The third-order valence-corrected chi connectivity index (χ3v) is 1.78. The summed E-state index contributed by atoms with van der Waals surface area (Å²) in [6, 6.07) is 0. The van der Waals surface area contributed by atoms with Crippen molar-refractivity contribution in [2.45, 2.75) is 26.2 Å². The highest BCUT2D eigenvalue weighted by atomic mass is 16.5. The summed E-state index contributed by atoms with van der Waals surface area (Å²) in [4.78, 5) is 0. The fourth-order valence-electron chi connectivity index (χ4n) is 1.05. The minimum atomic E-state index is 0.307. The number of rotatable bonds is 10. The quantitative estimate of drug-likeness (QED) is 0.414. The Bertz CT molecular complexity index is 137. The molecule has 0 aliphatic heterocycles. The Hall–Kier alpha value is -0.380. The molecule has 0 aromatic carbocycles. The first-order chi connectivity index (χ1) is 6.77. The van der Waals surface area contributed by atoms with E-state index in [1.165, 1.54) is 0 Å². The van der Waals surface area contributed by atoms with Crippen molar-refractivity contribution < 1.29 is 9.84 Å². The molecule has 84 valence electrons. The summed E-state index contributed by atoms with van der Waals surface area (Å²) >= 11 is 0. The Labute approximate surface area is 87.2 Å². The lowest BCUT2D eigenvalue weighted by atomic mass is 10.2. The summed E-state index contributed by atoms with van der Waals surface area (Å²) in [6.07, 6.45) is 3.13. The molecule has 0 fully saturated rings. The molecule has 0 unspecified atom stereocenters. The smallest absolute Gasteiger partial charge is 0.0672 e. The molecule has 0 aliphatic rings. The van der Waals surface area contributed by atoms with Crippen LogP contribution in [-0.4, -0.2) is 38.0 Å². The van der Waals surface area contributed by atoms with E-state index in [2.05, 4.69) is 11.9 Å². The summed E-state index contributed by atoms with van der Waals surface area (Å²) < 4.78 is 5.32. The number of ether oxygens (including phenoxy) is 1. The van der Waals surface area contributed by atoms with Gasteiger partial charge in [-0.1, -0.05) is 12.2 Å². The maximum absolute atomic E-state index is 8.54. The molecule has 0 spiro atoms. The highest BCUT2D eigenvalue weighted by Crippen LogP contribution is 1.91. The van der Waals surface area contributed by atoms with Gasteiger partial charge in [0.1, 0.15) is 0 Å². The molecule has 0 amide bonds. The molecule has 0 aliphatic carbocycles. The first-order valence-electron chi connectivity index (χ1n) is 5.31. The zero-order valence-electron chi connectivity index (χ0n) is 9.22. The maximum Gasteiger partial charge on any atom is 0.0672 e. The molecule has 2 N–H and O–H groups in total. The van der Waals surface area contributed by atoms with Gasteiger partial charge in [-0.05, 0) is 32.7 Å². The second kappa shape index (κ2) is 10.7. The van der Waals surface area contributed by atoms with Gasteiger partial charge in [0.15, 0.2) is 0 Å². The van der Waals surface area contributed by atoms with Crippen molar-refractivity contribution in [3.63, 3.8) is 0 Å². The van der Waals surface area contributed by atoms with E-state index in [4.69, 9.17) is 9.84 Å². The molecule has 0 saturated carbocycles. The van der Waals surface area contributed by atoms with Gasteiger partial charge in [0.2, 0.25) is 0 Å². The van der Waals surface area contributed by atoms with Gasteiger partial charge < -0.3 is 15.2 Å². The van der Waals surface area contributed by atoms with E-state index >= 15 is 0 Å². The second-order valence-corrected chi connectivity index (χ2v) is 3.54. The van der Waals surface area contributed by atoms with Gasteiger partial charge in [0.05, 0.1) is 13.2 Å². The average Bonchev–Trinajstić information content (AvgIpc) is 2.15. The average molecular weight is 201 g/mol. The SMILES string of the molecule is C=C(C)COCCNCCCCCO. The molecule has 0 heterocycles. The summed E-state index contributed by atoms with van der Waals surface area (Å²) in [5.41, 5.74) is 1.06. The zero-order valence-corrected chi connectivity index (χ0v) is 9.22. The van der Waals surface area contributed by atoms with E-state index < -0.39 is 0 Å². The van der Waals surface area contributed by atoms with Crippen molar-refractivity contribution in [2.24, 2.45) is 0 Å². The van der Waals surface area contributed by atoms with Crippen LogP contribution in [0.3, 0.4) is 0 Å². The van der Waals surface area contributed by atoms with Crippen molar-refractivity contribution in [3.05, 3.63) is 12.2 Å². The number of nitrogens with one attached hydrogen (secondary N) is 1. The third-order valence-electron chi connectivity index (χ3n) is 1.78. The van der Waals surface area contributed by atoms with Crippen molar-refractivity contribution in [2.75, 3.05) is 32.9 Å². The van der Waals surface area contributed by atoms with Crippen LogP contribution in [0.1, 0.15) is 26.2 Å². The van der Waals surface area contributed by atoms with E-state index in [1.807, 2.05) is 6.92 Å². The monoisotopic (exact) mass is 201 g/mol. The van der Waals surface area contributed by atoms with Crippen LogP contribution in [0.2, 0.25) is 0 Å². The standard InChI is InChI=1S/C11H23NO2/c1-11(2)10-14-9-7-12-6-4-3-5-8-13/h12-13H,1,3-10H2,2H3. The molecule has 0 radical (unpaired) electrons. The fraction of sp³-hybridized carbons (Fsp3) is 0.818. The van der Waals surface area contributed by atoms with E-state index in [9.17, 15) is 0 Å². The van der Waals surface area contributed by atoms with Gasteiger partial charge in [-0.3, -0.25) is 0 Å². The molecule has 0 saturated heterocycles. The minimum absolute atomic E-state index is 0.307. The van der Waals surface area contributed by atoms with Gasteiger partial charge in [0, 0.05) is 13.2 Å². The summed E-state index contributed by atoms with van der Waals surface area (Å²) in [5, 5.41) is 11.8. The number of unbranched alkanes of at least 4 members (excludes halogenated alkanes) is 2. The topological polar surface area (TPSA) is 41.5 Å². The van der Waals surface area contributed by atoms with Gasteiger partial charge in [0.25, 0.3) is 0 Å². The van der Waals surface area contributed by atoms with E-state index in [-0.39, 0.29) is 0 Å². The van der Waals surface area contributed by atoms with Crippen LogP contribution in [0.15, 0.2) is 12.2 Å². The molecule has 14 heavy (non-hydrogen) atoms. The van der Waals surface area contributed by atoms with Crippen LogP contribution in [0.4, 0.5) is 0 Å². The largest absolute Gasteiger partial charge is 0.396 e. The highest BCUT2D eigenvalue weighted by molar-refractivity contribution is 4.87. The molecule has 0 bridgehead atoms. The lowest BCUT2D eigenvalue weighted by Crippen LogP contribution is -2.21.